The Labute approximate surface area is 68.9 Å². The Balaban J connectivity index is 2.13. The van der Waals surface area contributed by atoms with E-state index in [1.54, 1.807) is 0 Å². The van der Waals surface area contributed by atoms with E-state index >= 15 is 0 Å². The molecule has 1 aliphatic heterocycles. The Hall–Kier alpha value is -0.0800. The van der Waals surface area contributed by atoms with Crippen LogP contribution >= 0.6 is 0 Å². The molecule has 11 heavy (non-hydrogen) atoms. The second-order valence-electron chi connectivity index (χ2n) is 3.02. The summed E-state index contributed by atoms with van der Waals surface area (Å²) < 4.78 is 11.0. The van der Waals surface area contributed by atoms with Crippen LogP contribution in [0.25, 0.3) is 0 Å². The van der Waals surface area contributed by atoms with Crippen LogP contribution in [-0.2, 0) is 9.47 Å². The molecule has 0 saturated carbocycles. The Morgan fingerprint density at radius 1 is 1.55 bits per heavy atom. The largest absolute Gasteiger partial charge is 0.376 e. The second kappa shape index (κ2) is 4.73. The minimum Gasteiger partial charge on any atom is -0.376 e. The van der Waals surface area contributed by atoms with Crippen molar-refractivity contribution >= 4 is 0 Å². The highest BCUT2D eigenvalue weighted by atomic mass is 16.6. The quantitative estimate of drug-likeness (QED) is 0.609. The van der Waals surface area contributed by atoms with E-state index in [9.17, 15) is 0 Å². The van der Waals surface area contributed by atoms with Gasteiger partial charge in [-0.15, -0.1) is 0 Å². The van der Waals surface area contributed by atoms with Crippen LogP contribution in [0.5, 0.6) is 0 Å². The van der Waals surface area contributed by atoms with Crippen molar-refractivity contribution in [3.05, 3.63) is 0 Å². The first-order chi connectivity index (χ1) is 5.38. The molecule has 2 heteroatoms. The number of hydrogen-bond acceptors (Lipinski definition) is 2. The second-order valence-corrected chi connectivity index (χ2v) is 3.02. The molecule has 1 heterocycles. The van der Waals surface area contributed by atoms with Gasteiger partial charge in [0.25, 0.3) is 0 Å². The zero-order valence-corrected chi connectivity index (χ0v) is 7.51. The molecule has 0 aromatic rings. The molecule has 1 saturated heterocycles. The summed E-state index contributed by atoms with van der Waals surface area (Å²) in [4.78, 5) is 0. The van der Waals surface area contributed by atoms with Gasteiger partial charge < -0.3 is 9.47 Å². The third kappa shape index (κ3) is 2.46. The first-order valence-electron chi connectivity index (χ1n) is 4.61. The molecule has 0 aliphatic carbocycles. The highest BCUT2D eigenvalue weighted by Crippen LogP contribution is 2.19. The van der Waals surface area contributed by atoms with Crippen LogP contribution in [0.2, 0.25) is 0 Å². The van der Waals surface area contributed by atoms with Crippen LogP contribution in [0, 0.1) is 0 Å². The van der Waals surface area contributed by atoms with Crippen molar-refractivity contribution < 1.29 is 9.47 Å². The zero-order valence-electron chi connectivity index (χ0n) is 7.51. The Kier molecular flexibility index (Phi) is 3.87. The van der Waals surface area contributed by atoms with Gasteiger partial charge in [-0.05, 0) is 19.3 Å². The summed E-state index contributed by atoms with van der Waals surface area (Å²) in [5.74, 6) is 0. The maximum absolute atomic E-state index is 5.62. The molecule has 0 N–H and O–H groups in total. The Bertz CT molecular complexity index is 99.7. The Morgan fingerprint density at radius 2 is 2.27 bits per heavy atom. The number of rotatable bonds is 5. The molecule has 1 fully saturated rings. The molecule has 1 aliphatic rings. The van der Waals surface area contributed by atoms with Crippen LogP contribution in [0.1, 0.15) is 33.1 Å². The lowest BCUT2D eigenvalue weighted by Gasteiger charge is -2.33. The van der Waals surface area contributed by atoms with Gasteiger partial charge in [0, 0.05) is 13.2 Å². The van der Waals surface area contributed by atoms with E-state index in [-0.39, 0.29) is 0 Å². The molecule has 2 nitrogen and oxygen atoms in total. The van der Waals surface area contributed by atoms with Crippen LogP contribution in [0.3, 0.4) is 0 Å². The number of hydrogen-bond donors (Lipinski definition) is 0. The molecular formula is C9H18O2. The summed E-state index contributed by atoms with van der Waals surface area (Å²) in [6.07, 6.45) is 4.10. The minimum absolute atomic E-state index is 0.351. The van der Waals surface area contributed by atoms with Gasteiger partial charge in [-0.3, -0.25) is 0 Å². The van der Waals surface area contributed by atoms with E-state index in [0.29, 0.717) is 12.2 Å². The van der Waals surface area contributed by atoms with Crippen LogP contribution in [0.4, 0.5) is 0 Å². The normalized spacial score (nSPS) is 26.2. The van der Waals surface area contributed by atoms with Crippen molar-refractivity contribution in [1.29, 1.82) is 0 Å². The summed E-state index contributed by atoms with van der Waals surface area (Å²) in [6, 6.07) is 0. The van der Waals surface area contributed by atoms with Crippen molar-refractivity contribution in [2.24, 2.45) is 0 Å². The molecular weight excluding hydrogens is 140 g/mol. The molecule has 1 rings (SSSR count). The lowest BCUT2D eigenvalue weighted by molar-refractivity contribution is -0.138. The van der Waals surface area contributed by atoms with Crippen molar-refractivity contribution in [3.8, 4) is 0 Å². The molecule has 0 radical (unpaired) electrons. The van der Waals surface area contributed by atoms with E-state index < -0.39 is 0 Å². The van der Waals surface area contributed by atoms with Crippen molar-refractivity contribution in [2.75, 3.05) is 13.2 Å². The molecule has 2 unspecified atom stereocenters. The van der Waals surface area contributed by atoms with Crippen molar-refractivity contribution in [3.63, 3.8) is 0 Å². The zero-order chi connectivity index (χ0) is 8.10. The van der Waals surface area contributed by atoms with Crippen molar-refractivity contribution in [1.82, 2.24) is 0 Å². The molecule has 66 valence electrons. The highest BCUT2D eigenvalue weighted by molar-refractivity contribution is 4.75. The molecule has 0 aromatic heterocycles. The average molecular weight is 158 g/mol. The van der Waals surface area contributed by atoms with Gasteiger partial charge in [-0.25, -0.2) is 0 Å². The SMILES string of the molecule is CCCOC(CC)C1CCO1. The van der Waals surface area contributed by atoms with E-state index in [2.05, 4.69) is 13.8 Å². The fourth-order valence-corrected chi connectivity index (χ4v) is 1.30. The fourth-order valence-electron chi connectivity index (χ4n) is 1.30. The Morgan fingerprint density at radius 3 is 2.64 bits per heavy atom. The van der Waals surface area contributed by atoms with Gasteiger partial charge in [0.05, 0.1) is 12.2 Å². The smallest absolute Gasteiger partial charge is 0.0858 e. The van der Waals surface area contributed by atoms with Crippen LogP contribution < -0.4 is 0 Å². The monoisotopic (exact) mass is 158 g/mol. The molecule has 0 spiro atoms. The van der Waals surface area contributed by atoms with Gasteiger partial charge in [0.1, 0.15) is 0 Å². The minimum atomic E-state index is 0.351. The highest BCUT2D eigenvalue weighted by Gasteiger charge is 2.27. The maximum Gasteiger partial charge on any atom is 0.0858 e. The lowest BCUT2D eigenvalue weighted by atomic mass is 10.1. The summed E-state index contributed by atoms with van der Waals surface area (Å²) in [6.45, 7) is 6.09. The third-order valence-corrected chi connectivity index (χ3v) is 2.09. The summed E-state index contributed by atoms with van der Waals surface area (Å²) in [5.41, 5.74) is 0. The summed E-state index contributed by atoms with van der Waals surface area (Å²) in [5, 5.41) is 0. The van der Waals surface area contributed by atoms with E-state index in [4.69, 9.17) is 9.47 Å². The van der Waals surface area contributed by atoms with Gasteiger partial charge in [0.2, 0.25) is 0 Å². The molecule has 0 aromatic carbocycles. The predicted molar refractivity (Wildman–Crippen MR) is 44.7 cm³/mol. The average Bonchev–Trinajstić information content (AvgIpc) is 1.93. The van der Waals surface area contributed by atoms with Crippen LogP contribution in [-0.4, -0.2) is 25.4 Å². The first-order valence-corrected chi connectivity index (χ1v) is 4.61. The van der Waals surface area contributed by atoms with Gasteiger partial charge in [0.15, 0.2) is 0 Å². The van der Waals surface area contributed by atoms with Gasteiger partial charge in [-0.2, -0.15) is 0 Å². The van der Waals surface area contributed by atoms with Gasteiger partial charge in [-0.1, -0.05) is 13.8 Å². The van der Waals surface area contributed by atoms with E-state index in [1.165, 1.54) is 6.42 Å². The standard InChI is InChI=1S/C9H18O2/c1-3-6-10-8(4-2)9-5-7-11-9/h8-9H,3-7H2,1-2H3. The number of ether oxygens (including phenoxy) is 2. The van der Waals surface area contributed by atoms with Gasteiger partial charge >= 0.3 is 0 Å². The lowest BCUT2D eigenvalue weighted by Crippen LogP contribution is -2.39. The third-order valence-electron chi connectivity index (χ3n) is 2.09. The van der Waals surface area contributed by atoms with E-state index in [0.717, 1.165) is 26.1 Å². The summed E-state index contributed by atoms with van der Waals surface area (Å²) in [7, 11) is 0. The fraction of sp³-hybridized carbons (Fsp3) is 1.00. The van der Waals surface area contributed by atoms with E-state index in [1.807, 2.05) is 0 Å². The molecule has 0 bridgehead atoms. The van der Waals surface area contributed by atoms with Crippen molar-refractivity contribution in [2.45, 2.75) is 45.3 Å². The predicted octanol–water partition coefficient (Wildman–Crippen LogP) is 1.98. The molecule has 0 amide bonds. The van der Waals surface area contributed by atoms with Crippen LogP contribution in [0.15, 0.2) is 0 Å². The maximum atomic E-state index is 5.62. The summed E-state index contributed by atoms with van der Waals surface area (Å²) >= 11 is 0. The topological polar surface area (TPSA) is 18.5 Å². The molecule has 2 atom stereocenters. The first kappa shape index (κ1) is 9.01.